The van der Waals surface area contributed by atoms with E-state index in [1.54, 1.807) is 6.33 Å². The third kappa shape index (κ3) is 2.80. The van der Waals surface area contributed by atoms with Gasteiger partial charge in [-0.25, -0.2) is 9.97 Å². The number of anilines is 1. The van der Waals surface area contributed by atoms with Gasteiger partial charge in [0.2, 0.25) is 0 Å². The zero-order valence-corrected chi connectivity index (χ0v) is 11.9. The summed E-state index contributed by atoms with van der Waals surface area (Å²) >= 11 is 0. The zero-order chi connectivity index (χ0) is 13.1. The molecule has 2 rings (SSSR count). The van der Waals surface area contributed by atoms with Crippen molar-refractivity contribution < 1.29 is 0 Å². The first-order chi connectivity index (χ1) is 8.61. The van der Waals surface area contributed by atoms with Crippen LogP contribution in [0.25, 0.3) is 0 Å². The zero-order valence-electron chi connectivity index (χ0n) is 11.9. The highest BCUT2D eigenvalue weighted by molar-refractivity contribution is 5.40. The summed E-state index contributed by atoms with van der Waals surface area (Å²) in [6.45, 7) is 6.49. The van der Waals surface area contributed by atoms with Gasteiger partial charge in [0.05, 0.1) is 0 Å². The average Bonchev–Trinajstić information content (AvgIpc) is 2.74. The minimum Gasteiger partial charge on any atom is -0.355 e. The molecule has 0 aromatic carbocycles. The Morgan fingerprint density at radius 2 is 2.11 bits per heavy atom. The molecule has 2 heterocycles. The molecule has 1 saturated heterocycles. The predicted octanol–water partition coefficient (Wildman–Crippen LogP) is 1.95. The summed E-state index contributed by atoms with van der Waals surface area (Å²) in [6.07, 6.45) is 4.22. The third-order valence-corrected chi connectivity index (χ3v) is 3.84. The second kappa shape index (κ2) is 5.65. The van der Waals surface area contributed by atoms with Crippen molar-refractivity contribution in [2.45, 2.75) is 32.7 Å². The highest BCUT2D eigenvalue weighted by Crippen LogP contribution is 2.27. The van der Waals surface area contributed by atoms with Crippen LogP contribution in [0.2, 0.25) is 0 Å². The summed E-state index contributed by atoms with van der Waals surface area (Å²) in [6, 6.07) is 2.72. The van der Waals surface area contributed by atoms with Gasteiger partial charge in [-0.1, -0.05) is 13.3 Å². The van der Waals surface area contributed by atoms with E-state index in [0.717, 1.165) is 30.5 Å². The molecule has 0 N–H and O–H groups in total. The SMILES string of the molecule is CCC[C@@H]1CN(c2cc(C)ncn2)C[C@H]1N(C)C. The van der Waals surface area contributed by atoms with Gasteiger partial charge in [0, 0.05) is 30.9 Å². The molecular weight excluding hydrogens is 224 g/mol. The van der Waals surface area contributed by atoms with E-state index in [-0.39, 0.29) is 0 Å². The molecule has 18 heavy (non-hydrogen) atoms. The van der Waals surface area contributed by atoms with E-state index >= 15 is 0 Å². The van der Waals surface area contributed by atoms with Crippen LogP contribution in [0, 0.1) is 12.8 Å². The standard InChI is InChI=1S/C14H24N4/c1-5-6-12-8-18(9-13(12)17(3)4)14-7-11(2)15-10-16-14/h7,10,12-13H,5-6,8-9H2,1-4H3/t12-,13-/m1/s1. The van der Waals surface area contributed by atoms with E-state index in [1.807, 2.05) is 6.92 Å². The second-order valence-electron chi connectivity index (χ2n) is 5.50. The lowest BCUT2D eigenvalue weighted by atomic mass is 9.98. The van der Waals surface area contributed by atoms with Crippen LogP contribution < -0.4 is 4.90 Å². The molecule has 1 aliphatic rings. The van der Waals surface area contributed by atoms with Crippen molar-refractivity contribution >= 4 is 5.82 Å². The summed E-state index contributed by atoms with van der Waals surface area (Å²) in [5.74, 6) is 1.83. The van der Waals surface area contributed by atoms with Crippen molar-refractivity contribution in [1.82, 2.24) is 14.9 Å². The highest BCUT2D eigenvalue weighted by Gasteiger charge is 2.33. The number of aromatic nitrogens is 2. The monoisotopic (exact) mass is 248 g/mol. The molecule has 0 amide bonds. The minimum atomic E-state index is 0.639. The largest absolute Gasteiger partial charge is 0.355 e. The lowest BCUT2D eigenvalue weighted by Crippen LogP contribution is -2.35. The Morgan fingerprint density at radius 3 is 2.72 bits per heavy atom. The molecule has 0 bridgehead atoms. The molecule has 0 aliphatic carbocycles. The van der Waals surface area contributed by atoms with Gasteiger partial charge in [0.1, 0.15) is 12.1 Å². The Balaban J connectivity index is 2.12. The molecule has 1 fully saturated rings. The molecular formula is C14H24N4. The number of aryl methyl sites for hydroxylation is 1. The number of rotatable bonds is 4. The fraction of sp³-hybridized carbons (Fsp3) is 0.714. The fourth-order valence-electron chi connectivity index (χ4n) is 2.89. The molecule has 0 saturated carbocycles. The van der Waals surface area contributed by atoms with Crippen molar-refractivity contribution in [3.63, 3.8) is 0 Å². The van der Waals surface area contributed by atoms with Crippen LogP contribution in [0.4, 0.5) is 5.82 Å². The molecule has 2 atom stereocenters. The van der Waals surface area contributed by atoms with E-state index in [0.29, 0.717) is 6.04 Å². The van der Waals surface area contributed by atoms with E-state index in [4.69, 9.17) is 0 Å². The molecule has 100 valence electrons. The molecule has 0 spiro atoms. The first-order valence-electron chi connectivity index (χ1n) is 6.81. The topological polar surface area (TPSA) is 32.3 Å². The lowest BCUT2D eigenvalue weighted by molar-refractivity contribution is 0.246. The van der Waals surface area contributed by atoms with Gasteiger partial charge in [-0.05, 0) is 33.4 Å². The van der Waals surface area contributed by atoms with Crippen LogP contribution in [0.5, 0.6) is 0 Å². The van der Waals surface area contributed by atoms with Crippen LogP contribution in [0.1, 0.15) is 25.5 Å². The summed E-state index contributed by atoms with van der Waals surface area (Å²) in [5.41, 5.74) is 1.04. The molecule has 1 aliphatic heterocycles. The van der Waals surface area contributed by atoms with Gasteiger partial charge in [-0.2, -0.15) is 0 Å². The third-order valence-electron chi connectivity index (χ3n) is 3.84. The molecule has 4 heteroatoms. The minimum absolute atomic E-state index is 0.639. The van der Waals surface area contributed by atoms with Gasteiger partial charge >= 0.3 is 0 Å². The first kappa shape index (κ1) is 13.3. The Labute approximate surface area is 110 Å². The number of hydrogen-bond donors (Lipinski definition) is 0. The summed E-state index contributed by atoms with van der Waals surface area (Å²) in [5, 5.41) is 0. The van der Waals surface area contributed by atoms with Crippen LogP contribution in [-0.2, 0) is 0 Å². The molecule has 0 unspecified atom stereocenters. The normalized spacial score (nSPS) is 23.9. The van der Waals surface area contributed by atoms with Crippen LogP contribution in [-0.4, -0.2) is 48.1 Å². The quantitative estimate of drug-likeness (QED) is 0.815. The second-order valence-corrected chi connectivity index (χ2v) is 5.50. The smallest absolute Gasteiger partial charge is 0.132 e. The van der Waals surface area contributed by atoms with E-state index in [9.17, 15) is 0 Å². The maximum absolute atomic E-state index is 4.41. The van der Waals surface area contributed by atoms with Gasteiger partial charge in [-0.3, -0.25) is 0 Å². The van der Waals surface area contributed by atoms with Crippen LogP contribution in [0.15, 0.2) is 12.4 Å². The average molecular weight is 248 g/mol. The number of hydrogen-bond acceptors (Lipinski definition) is 4. The molecule has 1 aromatic heterocycles. The van der Waals surface area contributed by atoms with Crippen molar-refractivity contribution in [3.8, 4) is 0 Å². The van der Waals surface area contributed by atoms with Crippen molar-refractivity contribution in [2.24, 2.45) is 5.92 Å². The fourth-order valence-corrected chi connectivity index (χ4v) is 2.89. The first-order valence-corrected chi connectivity index (χ1v) is 6.81. The summed E-state index contributed by atoms with van der Waals surface area (Å²) < 4.78 is 0. The Bertz CT molecular complexity index is 391. The maximum atomic E-state index is 4.41. The van der Waals surface area contributed by atoms with Crippen molar-refractivity contribution in [3.05, 3.63) is 18.1 Å². The Hall–Kier alpha value is -1.16. The lowest BCUT2D eigenvalue weighted by Gasteiger charge is -2.24. The Kier molecular flexibility index (Phi) is 4.17. The van der Waals surface area contributed by atoms with Crippen molar-refractivity contribution in [2.75, 3.05) is 32.1 Å². The van der Waals surface area contributed by atoms with E-state index in [2.05, 4.69) is 46.9 Å². The number of likely N-dealkylation sites (N-methyl/N-ethyl adjacent to an activating group) is 1. The summed E-state index contributed by atoms with van der Waals surface area (Å²) in [4.78, 5) is 13.3. The number of nitrogens with zero attached hydrogens (tertiary/aromatic N) is 4. The van der Waals surface area contributed by atoms with Gasteiger partial charge < -0.3 is 9.80 Å². The molecule has 1 aromatic rings. The van der Waals surface area contributed by atoms with E-state index in [1.165, 1.54) is 12.8 Å². The molecule has 0 radical (unpaired) electrons. The molecule has 4 nitrogen and oxygen atoms in total. The van der Waals surface area contributed by atoms with Crippen molar-refractivity contribution in [1.29, 1.82) is 0 Å². The van der Waals surface area contributed by atoms with Crippen LogP contribution in [0.3, 0.4) is 0 Å². The maximum Gasteiger partial charge on any atom is 0.132 e. The van der Waals surface area contributed by atoms with E-state index < -0.39 is 0 Å². The highest BCUT2D eigenvalue weighted by atomic mass is 15.3. The van der Waals surface area contributed by atoms with Crippen LogP contribution >= 0.6 is 0 Å². The van der Waals surface area contributed by atoms with Gasteiger partial charge in [-0.15, -0.1) is 0 Å². The predicted molar refractivity (Wildman–Crippen MR) is 74.9 cm³/mol. The van der Waals surface area contributed by atoms with Gasteiger partial charge in [0.25, 0.3) is 0 Å². The van der Waals surface area contributed by atoms with Gasteiger partial charge in [0.15, 0.2) is 0 Å². The Morgan fingerprint density at radius 1 is 1.33 bits per heavy atom. The summed E-state index contributed by atoms with van der Waals surface area (Å²) in [7, 11) is 4.37.